The number of hydrogen-bond acceptors (Lipinski definition) is 9. The SMILES string of the molecule is COc1ccc(-c2nnn([C@H]3C[C@H]4C(=O)N[C@@]5(C(=O)O)C[C@H]5/C=C\CCCCC[C@@H](NC(=O)OC(C)(C)C)C(=O)N4C3)n2)cc1. The largest absolute Gasteiger partial charge is 0.497 e. The zero-order valence-corrected chi connectivity index (χ0v) is 26.1. The number of carbonyl (C=O) groups is 4. The van der Waals surface area contributed by atoms with Gasteiger partial charge in [-0.3, -0.25) is 9.59 Å². The van der Waals surface area contributed by atoms with Gasteiger partial charge in [0.15, 0.2) is 0 Å². The first-order valence-electron chi connectivity index (χ1n) is 15.4. The van der Waals surface area contributed by atoms with Crippen LogP contribution in [0.5, 0.6) is 5.75 Å². The Labute approximate surface area is 261 Å². The highest BCUT2D eigenvalue weighted by Gasteiger charge is 2.61. The number of carboxylic acids is 1. The van der Waals surface area contributed by atoms with Crippen LogP contribution in [-0.4, -0.2) is 91.0 Å². The van der Waals surface area contributed by atoms with E-state index in [9.17, 15) is 24.3 Å². The molecule has 1 aromatic carbocycles. The topological polar surface area (TPSA) is 178 Å². The molecule has 1 aromatic heterocycles. The first-order valence-corrected chi connectivity index (χ1v) is 15.4. The lowest BCUT2D eigenvalue weighted by molar-refractivity contribution is -0.145. The van der Waals surface area contributed by atoms with Gasteiger partial charge in [-0.1, -0.05) is 25.0 Å². The van der Waals surface area contributed by atoms with Gasteiger partial charge in [0.25, 0.3) is 0 Å². The fourth-order valence-electron chi connectivity index (χ4n) is 5.93. The minimum absolute atomic E-state index is 0.0607. The van der Waals surface area contributed by atoms with Gasteiger partial charge < -0.3 is 30.1 Å². The number of ether oxygens (including phenoxy) is 2. The van der Waals surface area contributed by atoms with Gasteiger partial charge in [0.05, 0.1) is 13.2 Å². The maximum Gasteiger partial charge on any atom is 0.408 e. The van der Waals surface area contributed by atoms with Crippen molar-refractivity contribution in [1.29, 1.82) is 0 Å². The summed E-state index contributed by atoms with van der Waals surface area (Å²) in [7, 11) is 1.57. The monoisotopic (exact) mass is 623 g/mol. The van der Waals surface area contributed by atoms with Crippen molar-refractivity contribution >= 4 is 23.9 Å². The number of aliphatic carboxylic acids is 1. The van der Waals surface area contributed by atoms with Gasteiger partial charge >= 0.3 is 12.1 Å². The lowest BCUT2D eigenvalue weighted by atomic mass is 10.0. The zero-order valence-electron chi connectivity index (χ0n) is 26.1. The summed E-state index contributed by atoms with van der Waals surface area (Å²) in [4.78, 5) is 55.9. The zero-order chi connectivity index (χ0) is 32.4. The normalized spacial score (nSPS) is 28.0. The second kappa shape index (κ2) is 12.9. The fourth-order valence-corrected chi connectivity index (χ4v) is 5.93. The summed E-state index contributed by atoms with van der Waals surface area (Å²) in [6, 6.07) is 4.66. The Hall–Kier alpha value is -4.49. The Morgan fingerprint density at radius 1 is 1.13 bits per heavy atom. The van der Waals surface area contributed by atoms with Gasteiger partial charge in [-0.25, -0.2) is 9.59 Å². The Kier molecular flexibility index (Phi) is 9.12. The van der Waals surface area contributed by atoms with Crippen molar-refractivity contribution in [2.75, 3.05) is 13.7 Å². The molecule has 45 heavy (non-hydrogen) atoms. The van der Waals surface area contributed by atoms with Crippen LogP contribution in [-0.2, 0) is 19.1 Å². The lowest BCUT2D eigenvalue weighted by Gasteiger charge is -2.30. The average Bonchev–Trinajstić information content (AvgIpc) is 3.31. The number of allylic oxidation sites excluding steroid dienone is 1. The molecule has 0 radical (unpaired) electrons. The maximum atomic E-state index is 14.2. The first kappa shape index (κ1) is 31.9. The number of hydrogen-bond donors (Lipinski definition) is 3. The molecule has 0 bridgehead atoms. The molecular weight excluding hydrogens is 582 g/mol. The average molecular weight is 624 g/mol. The van der Waals surface area contributed by atoms with Crippen LogP contribution >= 0.6 is 0 Å². The van der Waals surface area contributed by atoms with Crippen LogP contribution in [0.25, 0.3) is 11.4 Å². The second-order valence-corrected chi connectivity index (χ2v) is 12.9. The number of amides is 3. The van der Waals surface area contributed by atoms with Crippen LogP contribution in [0.1, 0.15) is 71.8 Å². The van der Waals surface area contributed by atoms with E-state index in [-0.39, 0.29) is 25.3 Å². The molecule has 2 fully saturated rings. The smallest absolute Gasteiger partial charge is 0.408 e. The molecule has 0 unspecified atom stereocenters. The summed E-state index contributed by atoms with van der Waals surface area (Å²) in [5, 5.41) is 28.5. The number of tetrazole rings is 1. The van der Waals surface area contributed by atoms with E-state index >= 15 is 0 Å². The Morgan fingerprint density at radius 3 is 2.58 bits per heavy atom. The summed E-state index contributed by atoms with van der Waals surface area (Å²) in [6.45, 7) is 5.26. The number of aromatic nitrogens is 4. The van der Waals surface area contributed by atoms with Crippen molar-refractivity contribution in [2.45, 2.75) is 95.0 Å². The lowest BCUT2D eigenvalue weighted by Crippen LogP contribution is -2.56. The number of carboxylic acid groups (broad SMARTS) is 1. The van der Waals surface area contributed by atoms with Crippen molar-refractivity contribution in [1.82, 2.24) is 35.7 Å². The van der Waals surface area contributed by atoms with E-state index in [1.807, 2.05) is 12.2 Å². The van der Waals surface area contributed by atoms with E-state index < -0.39 is 53.1 Å². The number of fused-ring (bicyclic) bond motifs is 2. The highest BCUT2D eigenvalue weighted by molar-refractivity contribution is 5.96. The van der Waals surface area contributed by atoms with E-state index in [1.165, 1.54) is 9.70 Å². The van der Waals surface area contributed by atoms with Crippen LogP contribution in [0.2, 0.25) is 0 Å². The van der Waals surface area contributed by atoms with Crippen LogP contribution in [0, 0.1) is 5.92 Å². The van der Waals surface area contributed by atoms with Crippen molar-refractivity contribution in [3.63, 3.8) is 0 Å². The molecule has 14 heteroatoms. The Morgan fingerprint density at radius 2 is 1.89 bits per heavy atom. The highest BCUT2D eigenvalue weighted by Crippen LogP contribution is 2.45. The highest BCUT2D eigenvalue weighted by atomic mass is 16.6. The number of nitrogens with zero attached hydrogens (tertiary/aromatic N) is 5. The minimum Gasteiger partial charge on any atom is -0.497 e. The standard InChI is InChI=1S/C31H41N7O7/c1-30(2,3)45-29(43)32-23-11-9-7-5-6-8-10-20-17-31(20,28(41)42)33-26(39)24-16-21(18-37(24)27(23)40)38-35-25(34-36-38)19-12-14-22(44-4)15-13-19/h8,10,12-15,20-21,23-24H,5-7,9,11,16-18H2,1-4H3,(H,32,43)(H,33,39)(H,41,42)/b10-8-/t20-,21+,23-,24+,31+/m1/s1. The van der Waals surface area contributed by atoms with E-state index in [0.29, 0.717) is 30.0 Å². The third-order valence-electron chi connectivity index (χ3n) is 8.43. The third kappa shape index (κ3) is 7.26. The molecule has 2 aliphatic heterocycles. The summed E-state index contributed by atoms with van der Waals surface area (Å²) in [5.74, 6) is -1.45. The summed E-state index contributed by atoms with van der Waals surface area (Å²) >= 11 is 0. The van der Waals surface area contributed by atoms with Crippen molar-refractivity contribution in [3.8, 4) is 17.1 Å². The first-order chi connectivity index (χ1) is 21.4. The van der Waals surface area contributed by atoms with E-state index in [0.717, 1.165) is 19.3 Å². The van der Waals surface area contributed by atoms with Gasteiger partial charge in [-0.05, 0) is 75.9 Å². The van der Waals surface area contributed by atoms with Crippen molar-refractivity contribution < 1.29 is 33.8 Å². The third-order valence-corrected chi connectivity index (χ3v) is 8.43. The predicted molar refractivity (Wildman–Crippen MR) is 161 cm³/mol. The van der Waals surface area contributed by atoms with Crippen LogP contribution in [0.4, 0.5) is 4.79 Å². The summed E-state index contributed by atoms with van der Waals surface area (Å²) in [6.07, 6.45) is 6.89. The number of methoxy groups -OCH3 is 1. The fraction of sp³-hybridized carbons (Fsp3) is 0.581. The Balaban J connectivity index is 1.43. The van der Waals surface area contributed by atoms with Gasteiger partial charge in [-0.2, -0.15) is 4.80 Å². The molecule has 5 rings (SSSR count). The minimum atomic E-state index is -1.43. The molecule has 3 N–H and O–H groups in total. The van der Waals surface area contributed by atoms with Gasteiger partial charge in [0, 0.05) is 24.4 Å². The van der Waals surface area contributed by atoms with Crippen molar-refractivity contribution in [2.24, 2.45) is 5.92 Å². The number of benzene rings is 1. The Bertz CT molecular complexity index is 1450. The molecule has 2 aromatic rings. The molecule has 1 saturated heterocycles. The molecule has 5 atom stereocenters. The van der Waals surface area contributed by atoms with Gasteiger partial charge in [-0.15, -0.1) is 10.2 Å². The van der Waals surface area contributed by atoms with Gasteiger partial charge in [0.2, 0.25) is 17.6 Å². The molecule has 3 aliphatic rings. The van der Waals surface area contributed by atoms with Crippen LogP contribution < -0.4 is 15.4 Å². The second-order valence-electron chi connectivity index (χ2n) is 12.9. The predicted octanol–water partition coefficient (Wildman–Crippen LogP) is 2.86. The maximum absolute atomic E-state index is 14.2. The molecule has 1 aliphatic carbocycles. The molecule has 14 nitrogen and oxygen atoms in total. The van der Waals surface area contributed by atoms with Crippen molar-refractivity contribution in [3.05, 3.63) is 36.4 Å². The van der Waals surface area contributed by atoms with Crippen LogP contribution in [0.15, 0.2) is 36.4 Å². The van der Waals surface area contributed by atoms with E-state index in [4.69, 9.17) is 9.47 Å². The molecule has 3 heterocycles. The quantitative estimate of drug-likeness (QED) is 0.420. The van der Waals surface area contributed by atoms with E-state index in [1.54, 1.807) is 52.1 Å². The summed E-state index contributed by atoms with van der Waals surface area (Å²) < 4.78 is 10.7. The van der Waals surface area contributed by atoms with Crippen LogP contribution in [0.3, 0.4) is 0 Å². The molecule has 0 spiro atoms. The molecule has 242 valence electrons. The number of alkyl carbamates (subject to hydrolysis) is 1. The number of rotatable bonds is 5. The van der Waals surface area contributed by atoms with E-state index in [2.05, 4.69) is 26.0 Å². The molecule has 3 amide bonds. The number of nitrogens with one attached hydrogen (secondary N) is 2. The van der Waals surface area contributed by atoms with Gasteiger partial charge in [0.1, 0.15) is 29.0 Å². The summed E-state index contributed by atoms with van der Waals surface area (Å²) in [5.41, 5.74) is -1.49. The molecular formula is C31H41N7O7. The number of carbonyl (C=O) groups excluding carboxylic acids is 3. The molecule has 1 saturated carbocycles.